The van der Waals surface area contributed by atoms with Gasteiger partial charge in [0.25, 0.3) is 11.7 Å². The van der Waals surface area contributed by atoms with Crippen LogP contribution in [0.1, 0.15) is 34.6 Å². The summed E-state index contributed by atoms with van der Waals surface area (Å²) in [6, 6.07) is 11.7. The number of likely N-dealkylation sites (tertiary alicyclic amines) is 1. The number of nitrogens with one attached hydrogen (secondary N) is 1. The summed E-state index contributed by atoms with van der Waals surface area (Å²) in [7, 11) is 1.45. The molecule has 0 radical (unpaired) electrons. The summed E-state index contributed by atoms with van der Waals surface area (Å²) < 4.78 is 12.0. The Morgan fingerprint density at radius 3 is 2.59 bits per heavy atom. The van der Waals surface area contributed by atoms with Gasteiger partial charge in [-0.2, -0.15) is 5.26 Å². The second-order valence-corrected chi connectivity index (χ2v) is 9.24. The van der Waals surface area contributed by atoms with Gasteiger partial charge in [-0.25, -0.2) is 14.6 Å². The molecule has 1 aromatic carbocycles. The summed E-state index contributed by atoms with van der Waals surface area (Å²) >= 11 is 0. The number of nitrogens with zero attached hydrogens (tertiary/aromatic N) is 6. The van der Waals surface area contributed by atoms with Gasteiger partial charge < -0.3 is 25.1 Å². The molecule has 5 rings (SSSR count). The van der Waals surface area contributed by atoms with E-state index in [1.807, 2.05) is 30.3 Å². The van der Waals surface area contributed by atoms with Crippen LogP contribution in [0.25, 0.3) is 22.3 Å². The van der Waals surface area contributed by atoms with Crippen LogP contribution in [-0.2, 0) is 20.9 Å². The zero-order valence-electron chi connectivity index (χ0n) is 22.2. The van der Waals surface area contributed by atoms with Crippen molar-refractivity contribution >= 4 is 34.1 Å². The van der Waals surface area contributed by atoms with Crippen LogP contribution < -0.4 is 10.5 Å². The molecule has 0 aliphatic carbocycles. The first kappa shape index (κ1) is 27.2. The van der Waals surface area contributed by atoms with Crippen LogP contribution in [-0.4, -0.2) is 74.0 Å². The van der Waals surface area contributed by atoms with Crippen molar-refractivity contribution in [3.8, 4) is 17.6 Å². The van der Waals surface area contributed by atoms with Crippen molar-refractivity contribution in [1.82, 2.24) is 29.6 Å². The van der Waals surface area contributed by atoms with Crippen LogP contribution in [0.2, 0.25) is 0 Å². The lowest BCUT2D eigenvalue weighted by Crippen LogP contribution is -2.40. The highest BCUT2D eigenvalue weighted by Crippen LogP contribution is 2.32. The van der Waals surface area contributed by atoms with Gasteiger partial charge in [-0.3, -0.25) is 14.4 Å². The van der Waals surface area contributed by atoms with Crippen molar-refractivity contribution in [1.29, 1.82) is 5.26 Å². The average Bonchev–Trinajstić information content (AvgIpc) is 3.65. The average molecular weight is 555 g/mol. The molecule has 2 amide bonds. The number of hydrogen-bond donors (Lipinski definition) is 2. The van der Waals surface area contributed by atoms with E-state index in [0.29, 0.717) is 59.8 Å². The fraction of sp³-hybridized carbons (Fsp3) is 0.250. The fourth-order valence-electron chi connectivity index (χ4n) is 4.76. The highest BCUT2D eigenvalue weighted by molar-refractivity contribution is 6.45. The maximum Gasteiger partial charge on any atom is 0.295 e. The molecule has 13 nitrogen and oxygen atoms in total. The van der Waals surface area contributed by atoms with Crippen LogP contribution in [0.5, 0.6) is 5.75 Å². The highest BCUT2D eigenvalue weighted by atomic mass is 16.5. The number of ketones is 1. The normalized spacial score (nSPS) is 13.2. The Hall–Kier alpha value is -5.35. The number of benzene rings is 1. The molecule has 208 valence electrons. The number of rotatable bonds is 9. The predicted molar refractivity (Wildman–Crippen MR) is 146 cm³/mol. The van der Waals surface area contributed by atoms with Crippen molar-refractivity contribution in [3.05, 3.63) is 71.6 Å². The number of fused-ring (bicyclic) bond motifs is 1. The topological polar surface area (TPSA) is 182 Å². The maximum absolute atomic E-state index is 13.5. The molecule has 1 fully saturated rings. The van der Waals surface area contributed by atoms with Crippen LogP contribution in [0.4, 0.5) is 0 Å². The molecule has 0 atom stereocenters. The van der Waals surface area contributed by atoms with E-state index >= 15 is 0 Å². The monoisotopic (exact) mass is 554 g/mol. The number of carbonyl (C=O) groups is 3. The molecule has 13 heteroatoms. The van der Waals surface area contributed by atoms with E-state index in [9.17, 15) is 19.6 Å². The van der Waals surface area contributed by atoms with Crippen LogP contribution in [0, 0.1) is 11.3 Å². The molecular weight excluding hydrogens is 528 g/mol. The second kappa shape index (κ2) is 11.8. The van der Waals surface area contributed by atoms with Gasteiger partial charge in [0, 0.05) is 19.3 Å². The summed E-state index contributed by atoms with van der Waals surface area (Å²) in [6.07, 6.45) is 5.29. The number of primary amides is 1. The van der Waals surface area contributed by atoms with Gasteiger partial charge in [-0.05, 0) is 24.0 Å². The van der Waals surface area contributed by atoms with E-state index in [1.165, 1.54) is 35.4 Å². The predicted octanol–water partition coefficient (Wildman–Crippen LogP) is 1.94. The molecule has 3 N–H and O–H groups in total. The summed E-state index contributed by atoms with van der Waals surface area (Å²) in [5, 5.41) is 14.4. The summed E-state index contributed by atoms with van der Waals surface area (Å²) in [6.45, 7) is 0.344. The highest BCUT2D eigenvalue weighted by Gasteiger charge is 2.30. The first-order valence-electron chi connectivity index (χ1n) is 12.7. The van der Waals surface area contributed by atoms with E-state index in [4.69, 9.17) is 15.2 Å². The van der Waals surface area contributed by atoms with Crippen molar-refractivity contribution < 1.29 is 23.9 Å². The number of nitrogens with two attached hydrogens (primary N) is 1. The summed E-state index contributed by atoms with van der Waals surface area (Å²) in [5.41, 5.74) is 8.05. The molecule has 0 saturated carbocycles. The third kappa shape index (κ3) is 5.54. The zero-order chi connectivity index (χ0) is 28.9. The number of hydrogen-bond acceptors (Lipinski definition) is 9. The number of ether oxygens (including phenoxy) is 2. The Labute approximate surface area is 234 Å². The minimum Gasteiger partial charge on any atom is -0.494 e. The Kier molecular flexibility index (Phi) is 7.84. The third-order valence-corrected chi connectivity index (χ3v) is 6.73. The number of aromatic amines is 1. The molecule has 41 heavy (non-hydrogen) atoms. The molecule has 1 aliphatic heterocycles. The molecule has 0 bridgehead atoms. The van der Waals surface area contributed by atoms with Gasteiger partial charge >= 0.3 is 0 Å². The van der Waals surface area contributed by atoms with Crippen molar-refractivity contribution in [2.24, 2.45) is 5.73 Å². The number of pyridine rings is 1. The third-order valence-electron chi connectivity index (χ3n) is 6.73. The van der Waals surface area contributed by atoms with Crippen LogP contribution >= 0.6 is 0 Å². The van der Waals surface area contributed by atoms with E-state index in [1.54, 1.807) is 0 Å². The van der Waals surface area contributed by atoms with Gasteiger partial charge in [0.1, 0.15) is 25.3 Å². The number of Topliss-reactive ketones (excluding diaryl/α,β-unsaturated/α-hetero) is 1. The van der Waals surface area contributed by atoms with Gasteiger partial charge in [0.2, 0.25) is 5.91 Å². The van der Waals surface area contributed by atoms with Gasteiger partial charge in [-0.15, -0.1) is 5.10 Å². The van der Waals surface area contributed by atoms with Gasteiger partial charge in [0.15, 0.2) is 11.6 Å². The van der Waals surface area contributed by atoms with Gasteiger partial charge in [0.05, 0.1) is 41.4 Å². The molecule has 3 aromatic heterocycles. The Morgan fingerprint density at radius 2 is 1.90 bits per heavy atom. The number of amides is 2. The Balaban J connectivity index is 1.37. The van der Waals surface area contributed by atoms with Crippen LogP contribution in [0.3, 0.4) is 0 Å². The lowest BCUT2D eigenvalue weighted by molar-refractivity contribution is -0.126. The van der Waals surface area contributed by atoms with Crippen molar-refractivity contribution in [2.75, 3.05) is 26.8 Å². The number of H-pyrrole nitrogens is 1. The SMILES string of the molecule is COc1cnc(-n2cnc(COCC(N)=O)n2)c2[nH]cc(C(=O)C(=O)N3CCC(=C(C#N)c4ccccc4)CC3)c12. The van der Waals surface area contributed by atoms with E-state index < -0.39 is 17.6 Å². The Morgan fingerprint density at radius 1 is 1.15 bits per heavy atom. The quantitative estimate of drug-likeness (QED) is 0.177. The lowest BCUT2D eigenvalue weighted by atomic mass is 9.93. The number of aromatic nitrogens is 5. The van der Waals surface area contributed by atoms with Gasteiger partial charge in [-0.1, -0.05) is 30.3 Å². The number of methoxy groups -OCH3 is 1. The fourth-order valence-corrected chi connectivity index (χ4v) is 4.76. The number of piperidine rings is 1. The summed E-state index contributed by atoms with van der Waals surface area (Å²) in [4.78, 5) is 50.7. The molecule has 0 unspecified atom stereocenters. The molecule has 0 spiro atoms. The second-order valence-electron chi connectivity index (χ2n) is 9.24. The number of nitriles is 1. The molecule has 1 aliphatic rings. The first-order chi connectivity index (χ1) is 19.9. The molecule has 1 saturated heterocycles. The standard InChI is InChI=1S/C28H26N8O5/c1-40-21-13-32-27(36-16-33-23(34-36)15-41-14-22(30)37)25-24(21)20(12-31-25)26(38)28(39)35-9-7-18(8-10-35)19(11-29)17-5-3-2-4-6-17/h2-6,12-13,16,31H,7-10,14-15H2,1H3,(H2,30,37). The number of carbonyl (C=O) groups excluding carboxylic acids is 3. The Bertz CT molecular complexity index is 1690. The molecule has 4 heterocycles. The minimum absolute atomic E-state index is 0.0356. The lowest BCUT2D eigenvalue weighted by Gasteiger charge is -2.28. The van der Waals surface area contributed by atoms with E-state index in [0.717, 1.165) is 11.1 Å². The largest absolute Gasteiger partial charge is 0.494 e. The first-order valence-corrected chi connectivity index (χ1v) is 12.7. The molecular formula is C28H26N8O5. The van der Waals surface area contributed by atoms with E-state index in [2.05, 4.69) is 26.1 Å². The zero-order valence-corrected chi connectivity index (χ0v) is 22.2. The van der Waals surface area contributed by atoms with E-state index in [-0.39, 0.29) is 18.8 Å². The van der Waals surface area contributed by atoms with Crippen molar-refractivity contribution in [2.45, 2.75) is 19.4 Å². The number of allylic oxidation sites excluding steroid dienone is 1. The minimum atomic E-state index is -0.693. The maximum atomic E-state index is 13.5. The van der Waals surface area contributed by atoms with Crippen molar-refractivity contribution in [3.63, 3.8) is 0 Å². The smallest absolute Gasteiger partial charge is 0.295 e. The van der Waals surface area contributed by atoms with Crippen LogP contribution in [0.15, 0.2) is 54.6 Å². The summed E-state index contributed by atoms with van der Waals surface area (Å²) in [5.74, 6) is -1.03. The molecule has 4 aromatic rings.